The highest BCUT2D eigenvalue weighted by Crippen LogP contribution is 2.10. The average molecular weight is 228 g/mol. The Balaban J connectivity index is 2.53. The van der Waals surface area contributed by atoms with Crippen molar-refractivity contribution >= 4 is 5.84 Å². The minimum atomic E-state index is 0.880. The Hall–Kier alpha value is -2.10. The summed E-state index contributed by atoms with van der Waals surface area (Å²) in [5, 5.41) is 6.32. The maximum absolute atomic E-state index is 4.52. The molecule has 0 atom stereocenters. The lowest BCUT2D eigenvalue weighted by Crippen LogP contribution is -2.18. The highest BCUT2D eigenvalue weighted by atomic mass is 15.4. The van der Waals surface area contributed by atoms with Crippen molar-refractivity contribution in [2.75, 3.05) is 14.1 Å². The third-order valence-electron chi connectivity index (χ3n) is 2.43. The summed E-state index contributed by atoms with van der Waals surface area (Å²) in [5.74, 6) is 0.880. The number of hydrazone groups is 1. The largest absolute Gasteiger partial charge is 0.301 e. The summed E-state index contributed by atoms with van der Waals surface area (Å²) >= 11 is 0. The van der Waals surface area contributed by atoms with E-state index in [4.69, 9.17) is 0 Å². The summed E-state index contributed by atoms with van der Waals surface area (Å²) in [6.07, 6.45) is 5.41. The molecule has 0 aliphatic rings. The molecule has 0 unspecified atom stereocenters. The zero-order valence-corrected chi connectivity index (χ0v) is 10.3. The first kappa shape index (κ1) is 11.4. The van der Waals surface area contributed by atoms with Crippen LogP contribution in [0, 0.1) is 6.92 Å². The van der Waals surface area contributed by atoms with Crippen LogP contribution in [0.3, 0.4) is 0 Å². The number of aryl methyl sites for hydroxylation is 1. The number of hydrogen-bond donors (Lipinski definition) is 0. The molecule has 17 heavy (non-hydrogen) atoms. The molecular weight excluding hydrogens is 212 g/mol. The van der Waals surface area contributed by atoms with Crippen molar-refractivity contribution in [3.63, 3.8) is 0 Å². The van der Waals surface area contributed by atoms with E-state index in [2.05, 4.69) is 29.1 Å². The van der Waals surface area contributed by atoms with E-state index < -0.39 is 0 Å². The van der Waals surface area contributed by atoms with Crippen LogP contribution in [0.4, 0.5) is 0 Å². The molecule has 0 saturated heterocycles. The number of rotatable bonds is 2. The monoisotopic (exact) mass is 228 g/mol. The van der Waals surface area contributed by atoms with E-state index in [0.717, 1.165) is 11.4 Å². The lowest BCUT2D eigenvalue weighted by Gasteiger charge is -2.13. The maximum Gasteiger partial charge on any atom is 0.165 e. The number of benzene rings is 1. The van der Waals surface area contributed by atoms with E-state index in [9.17, 15) is 0 Å². The van der Waals surface area contributed by atoms with Gasteiger partial charge in [-0.3, -0.25) is 4.57 Å². The van der Waals surface area contributed by atoms with E-state index in [1.165, 1.54) is 5.56 Å². The molecule has 0 aliphatic heterocycles. The van der Waals surface area contributed by atoms with Crippen LogP contribution in [0.25, 0.3) is 0 Å². The summed E-state index contributed by atoms with van der Waals surface area (Å²) in [5.41, 5.74) is 2.31. The van der Waals surface area contributed by atoms with Crippen LogP contribution in [-0.4, -0.2) is 34.5 Å². The van der Waals surface area contributed by atoms with E-state index in [-0.39, 0.29) is 0 Å². The fourth-order valence-corrected chi connectivity index (χ4v) is 1.64. The lowest BCUT2D eigenvalue weighted by molar-refractivity contribution is 0.435. The molecule has 0 fully saturated rings. The second kappa shape index (κ2) is 4.82. The van der Waals surface area contributed by atoms with Crippen LogP contribution < -0.4 is 0 Å². The second-order valence-corrected chi connectivity index (χ2v) is 4.06. The molecule has 1 aromatic carbocycles. The Morgan fingerprint density at radius 1 is 1.29 bits per heavy atom. The Bertz CT molecular complexity index is 512. The Labute approximate surface area is 101 Å². The summed E-state index contributed by atoms with van der Waals surface area (Å²) in [4.78, 5) is 4.07. The molecule has 1 heterocycles. The molecule has 0 spiro atoms. The molecular formula is C13H16N4. The number of aromatic nitrogens is 2. The van der Waals surface area contributed by atoms with E-state index in [0.29, 0.717) is 0 Å². The van der Waals surface area contributed by atoms with Gasteiger partial charge in [0.2, 0.25) is 0 Å². The highest BCUT2D eigenvalue weighted by molar-refractivity contribution is 6.01. The molecule has 4 heteroatoms. The van der Waals surface area contributed by atoms with E-state index in [1.807, 2.05) is 37.0 Å². The number of imidazole rings is 1. The van der Waals surface area contributed by atoms with Crippen molar-refractivity contribution in [3.05, 3.63) is 54.1 Å². The Morgan fingerprint density at radius 3 is 2.65 bits per heavy atom. The molecule has 88 valence electrons. The predicted molar refractivity (Wildman–Crippen MR) is 69.0 cm³/mol. The molecule has 0 saturated carbocycles. The Kier molecular flexibility index (Phi) is 3.23. The molecule has 0 bridgehead atoms. The molecule has 0 aliphatic carbocycles. The van der Waals surface area contributed by atoms with Gasteiger partial charge >= 0.3 is 0 Å². The standard InChI is InChI=1S/C13H16N4/c1-11-6-4-5-7-12(11)13(15-16(2)3)17-9-8-14-10-17/h4-10H,1-3H3. The fraction of sp³-hybridized carbons (Fsp3) is 0.231. The van der Waals surface area contributed by atoms with Crippen LogP contribution in [-0.2, 0) is 0 Å². The number of hydrogen-bond acceptors (Lipinski definition) is 3. The maximum atomic E-state index is 4.52. The summed E-state index contributed by atoms with van der Waals surface area (Å²) in [7, 11) is 3.82. The molecule has 0 radical (unpaired) electrons. The van der Waals surface area contributed by atoms with Gasteiger partial charge in [0.1, 0.15) is 6.33 Å². The van der Waals surface area contributed by atoms with Crippen molar-refractivity contribution in [3.8, 4) is 0 Å². The zero-order chi connectivity index (χ0) is 12.3. The predicted octanol–water partition coefficient (Wildman–Crippen LogP) is 1.96. The highest BCUT2D eigenvalue weighted by Gasteiger charge is 2.08. The third kappa shape index (κ3) is 2.53. The first-order chi connectivity index (χ1) is 8.18. The summed E-state index contributed by atoms with van der Waals surface area (Å²) in [6, 6.07) is 8.19. The molecule has 2 rings (SSSR count). The number of nitrogens with zero attached hydrogens (tertiary/aromatic N) is 4. The van der Waals surface area contributed by atoms with Gasteiger partial charge in [0.05, 0.1) is 0 Å². The summed E-state index contributed by atoms with van der Waals surface area (Å²) in [6.45, 7) is 2.08. The van der Waals surface area contributed by atoms with E-state index in [1.54, 1.807) is 17.5 Å². The Morgan fingerprint density at radius 2 is 2.06 bits per heavy atom. The van der Waals surface area contributed by atoms with Crippen LogP contribution in [0.1, 0.15) is 11.1 Å². The third-order valence-corrected chi connectivity index (χ3v) is 2.43. The average Bonchev–Trinajstić information content (AvgIpc) is 2.80. The van der Waals surface area contributed by atoms with Gasteiger partial charge in [0.25, 0.3) is 0 Å². The van der Waals surface area contributed by atoms with Crippen LogP contribution >= 0.6 is 0 Å². The quantitative estimate of drug-likeness (QED) is 0.447. The van der Waals surface area contributed by atoms with Gasteiger partial charge in [-0.2, -0.15) is 5.10 Å². The first-order valence-electron chi connectivity index (χ1n) is 5.49. The van der Waals surface area contributed by atoms with Crippen LogP contribution in [0.15, 0.2) is 48.1 Å². The van der Waals surface area contributed by atoms with Crippen molar-refractivity contribution in [1.29, 1.82) is 0 Å². The van der Waals surface area contributed by atoms with Gasteiger partial charge in [-0.15, -0.1) is 0 Å². The molecule has 0 N–H and O–H groups in total. The smallest absolute Gasteiger partial charge is 0.165 e. The van der Waals surface area contributed by atoms with Crippen molar-refractivity contribution in [2.24, 2.45) is 5.10 Å². The SMILES string of the molecule is Cc1ccccc1C(=NN(C)C)n1ccnc1. The minimum absolute atomic E-state index is 0.880. The lowest BCUT2D eigenvalue weighted by atomic mass is 10.1. The summed E-state index contributed by atoms with van der Waals surface area (Å²) < 4.78 is 1.92. The fourth-order valence-electron chi connectivity index (χ4n) is 1.64. The minimum Gasteiger partial charge on any atom is -0.301 e. The first-order valence-corrected chi connectivity index (χ1v) is 5.49. The molecule has 4 nitrogen and oxygen atoms in total. The normalized spacial score (nSPS) is 11.6. The topological polar surface area (TPSA) is 33.4 Å². The van der Waals surface area contributed by atoms with Gasteiger partial charge in [0, 0.05) is 32.1 Å². The van der Waals surface area contributed by atoms with Crippen molar-refractivity contribution in [2.45, 2.75) is 6.92 Å². The van der Waals surface area contributed by atoms with Gasteiger partial charge in [-0.25, -0.2) is 4.98 Å². The van der Waals surface area contributed by atoms with Gasteiger partial charge in [-0.1, -0.05) is 24.3 Å². The zero-order valence-electron chi connectivity index (χ0n) is 10.3. The van der Waals surface area contributed by atoms with Crippen molar-refractivity contribution < 1.29 is 0 Å². The van der Waals surface area contributed by atoms with Gasteiger partial charge in [0.15, 0.2) is 5.84 Å². The van der Waals surface area contributed by atoms with Crippen LogP contribution in [0.5, 0.6) is 0 Å². The molecule has 2 aromatic rings. The molecule has 1 aromatic heterocycles. The van der Waals surface area contributed by atoms with E-state index >= 15 is 0 Å². The second-order valence-electron chi connectivity index (χ2n) is 4.06. The van der Waals surface area contributed by atoms with Gasteiger partial charge in [-0.05, 0) is 12.5 Å². The van der Waals surface area contributed by atoms with Crippen LogP contribution in [0.2, 0.25) is 0 Å². The van der Waals surface area contributed by atoms with Crippen molar-refractivity contribution in [1.82, 2.24) is 14.6 Å². The van der Waals surface area contributed by atoms with Gasteiger partial charge < -0.3 is 5.01 Å². The molecule has 0 amide bonds.